The van der Waals surface area contributed by atoms with E-state index in [1.165, 1.54) is 12.4 Å². The average Bonchev–Trinajstić information content (AvgIpc) is 3.45. The molecule has 28 heavy (non-hydrogen) atoms. The van der Waals surface area contributed by atoms with E-state index in [4.69, 9.17) is 9.26 Å². The van der Waals surface area contributed by atoms with Gasteiger partial charge in [0.15, 0.2) is 5.56 Å². The van der Waals surface area contributed by atoms with Crippen molar-refractivity contribution >= 4 is 16.6 Å². The Hall–Kier alpha value is -3.58. The molecule has 0 saturated carbocycles. The maximum Gasteiger partial charge on any atom is 0.262 e. The second-order valence-corrected chi connectivity index (χ2v) is 6.61. The number of aryl methyl sites for hydroxylation is 1. The van der Waals surface area contributed by atoms with Crippen molar-refractivity contribution in [2.24, 2.45) is 0 Å². The van der Waals surface area contributed by atoms with Gasteiger partial charge in [0.1, 0.15) is 34.9 Å². The number of nitriles is 1. The molecule has 1 unspecified atom stereocenters. The fraction of sp³-hybridized carbons (Fsp3) is 0.278. The number of hydrogen-bond acceptors (Lipinski definition) is 7. The summed E-state index contributed by atoms with van der Waals surface area (Å²) in [6.45, 7) is 2.75. The summed E-state index contributed by atoms with van der Waals surface area (Å²) < 4.78 is 26.9. The first kappa shape index (κ1) is 16.6. The molecule has 1 saturated heterocycles. The molecule has 0 N–H and O–H groups in total. The summed E-state index contributed by atoms with van der Waals surface area (Å²) in [6, 6.07) is 4.36. The predicted molar refractivity (Wildman–Crippen MR) is 92.5 cm³/mol. The number of ether oxygens (including phenoxy) is 1. The van der Waals surface area contributed by atoms with Crippen LogP contribution in [0.4, 0.5) is 4.39 Å². The minimum atomic E-state index is -0.750. The zero-order valence-electron chi connectivity index (χ0n) is 14.7. The van der Waals surface area contributed by atoms with Crippen LogP contribution >= 0.6 is 0 Å². The maximum absolute atomic E-state index is 14.0. The highest BCUT2D eigenvalue weighted by atomic mass is 19.1. The Kier molecular flexibility index (Phi) is 3.53. The van der Waals surface area contributed by atoms with Crippen molar-refractivity contribution in [3.63, 3.8) is 0 Å². The SMILES string of the molecule is Cc1c2c(-c3noc(C4CCOC4)n3)ncn2c2ccc(F)c(C#N)c2[n+]1[O-]. The van der Waals surface area contributed by atoms with Crippen LogP contribution in [0.3, 0.4) is 0 Å². The van der Waals surface area contributed by atoms with Crippen molar-refractivity contribution < 1.29 is 18.4 Å². The minimum absolute atomic E-state index is 0.0441. The number of imidazole rings is 1. The lowest BCUT2D eigenvalue weighted by atomic mass is 10.1. The van der Waals surface area contributed by atoms with Gasteiger partial charge < -0.3 is 14.5 Å². The molecule has 4 heterocycles. The number of benzene rings is 1. The number of aromatic nitrogens is 5. The van der Waals surface area contributed by atoms with Crippen LogP contribution in [0.25, 0.3) is 28.1 Å². The molecule has 1 atom stereocenters. The molecule has 4 aromatic rings. The summed E-state index contributed by atoms with van der Waals surface area (Å²) in [4.78, 5) is 8.78. The molecule has 9 nitrogen and oxygen atoms in total. The third kappa shape index (κ3) is 2.20. The van der Waals surface area contributed by atoms with Crippen molar-refractivity contribution in [3.05, 3.63) is 46.6 Å². The lowest BCUT2D eigenvalue weighted by molar-refractivity contribution is -0.583. The molecule has 0 amide bonds. The zero-order valence-corrected chi connectivity index (χ0v) is 14.7. The first-order chi connectivity index (χ1) is 13.6. The molecule has 1 aliphatic heterocycles. The van der Waals surface area contributed by atoms with E-state index in [1.807, 2.05) is 0 Å². The minimum Gasteiger partial charge on any atom is -0.618 e. The molecule has 140 valence electrons. The van der Waals surface area contributed by atoms with Crippen LogP contribution in [0.5, 0.6) is 0 Å². The molecule has 10 heteroatoms. The van der Waals surface area contributed by atoms with Gasteiger partial charge in [-0.05, 0) is 18.6 Å². The van der Waals surface area contributed by atoms with E-state index in [0.29, 0.717) is 40.6 Å². The first-order valence-corrected chi connectivity index (χ1v) is 8.63. The zero-order chi connectivity index (χ0) is 19.4. The maximum atomic E-state index is 14.0. The van der Waals surface area contributed by atoms with E-state index in [2.05, 4.69) is 15.1 Å². The van der Waals surface area contributed by atoms with E-state index in [0.717, 1.165) is 12.5 Å². The lowest BCUT2D eigenvalue weighted by Crippen LogP contribution is -2.33. The summed E-state index contributed by atoms with van der Waals surface area (Å²) in [7, 11) is 0. The average molecular weight is 380 g/mol. The van der Waals surface area contributed by atoms with Gasteiger partial charge in [0.2, 0.25) is 17.4 Å². The summed E-state index contributed by atoms with van der Waals surface area (Å²) in [6.07, 6.45) is 2.30. The Morgan fingerprint density at radius 3 is 3.04 bits per heavy atom. The van der Waals surface area contributed by atoms with E-state index >= 15 is 0 Å². The summed E-state index contributed by atoms with van der Waals surface area (Å²) in [5.41, 5.74) is 1.09. The van der Waals surface area contributed by atoms with Crippen molar-refractivity contribution in [3.8, 4) is 17.6 Å². The molecule has 5 rings (SSSR count). The molecule has 1 fully saturated rings. The highest BCUT2D eigenvalue weighted by Crippen LogP contribution is 2.29. The van der Waals surface area contributed by atoms with Crippen LogP contribution in [-0.4, -0.2) is 32.7 Å². The molecule has 0 aliphatic carbocycles. The van der Waals surface area contributed by atoms with Crippen molar-refractivity contribution in [1.82, 2.24) is 19.5 Å². The van der Waals surface area contributed by atoms with E-state index in [1.54, 1.807) is 17.4 Å². The van der Waals surface area contributed by atoms with Crippen LogP contribution in [0.15, 0.2) is 23.0 Å². The van der Waals surface area contributed by atoms with Gasteiger partial charge in [-0.1, -0.05) is 5.16 Å². The highest BCUT2D eigenvalue weighted by molar-refractivity contribution is 5.85. The monoisotopic (exact) mass is 380 g/mol. The highest BCUT2D eigenvalue weighted by Gasteiger charge is 2.28. The number of nitrogens with zero attached hydrogens (tertiary/aromatic N) is 6. The summed E-state index contributed by atoms with van der Waals surface area (Å²) in [5, 5.41) is 26.1. The topological polar surface area (TPSA) is 116 Å². The van der Waals surface area contributed by atoms with Gasteiger partial charge in [0.05, 0.1) is 12.5 Å². The molecule has 0 radical (unpaired) electrons. The third-order valence-corrected chi connectivity index (χ3v) is 5.03. The Balaban J connectivity index is 1.76. The molecule has 1 aromatic carbocycles. The van der Waals surface area contributed by atoms with Crippen LogP contribution in [-0.2, 0) is 4.74 Å². The van der Waals surface area contributed by atoms with Crippen molar-refractivity contribution in [1.29, 1.82) is 5.26 Å². The van der Waals surface area contributed by atoms with Crippen molar-refractivity contribution in [2.45, 2.75) is 19.3 Å². The lowest BCUT2D eigenvalue weighted by Gasteiger charge is -2.09. The van der Waals surface area contributed by atoms with Crippen LogP contribution in [0.1, 0.15) is 29.5 Å². The molecular weight excluding hydrogens is 367 g/mol. The Bertz CT molecular complexity index is 1280. The van der Waals surface area contributed by atoms with Gasteiger partial charge in [-0.25, -0.2) is 9.37 Å². The molecule has 0 spiro atoms. The second-order valence-electron chi connectivity index (χ2n) is 6.61. The molecule has 1 aliphatic rings. The first-order valence-electron chi connectivity index (χ1n) is 8.63. The Labute approximate surface area is 157 Å². The van der Waals surface area contributed by atoms with Crippen LogP contribution < -0.4 is 4.73 Å². The molecule has 0 bridgehead atoms. The van der Waals surface area contributed by atoms with Gasteiger partial charge in [-0.15, -0.1) is 0 Å². The summed E-state index contributed by atoms with van der Waals surface area (Å²) >= 11 is 0. The van der Waals surface area contributed by atoms with Gasteiger partial charge in [0, 0.05) is 13.5 Å². The smallest absolute Gasteiger partial charge is 0.262 e. The number of halogens is 1. The number of hydrogen-bond donors (Lipinski definition) is 0. The van der Waals surface area contributed by atoms with Crippen LogP contribution in [0, 0.1) is 29.3 Å². The largest absolute Gasteiger partial charge is 0.618 e. The summed E-state index contributed by atoms with van der Waals surface area (Å²) in [5.74, 6) is 0.0216. The van der Waals surface area contributed by atoms with E-state index in [9.17, 15) is 14.9 Å². The fourth-order valence-electron chi connectivity index (χ4n) is 3.59. The predicted octanol–water partition coefficient (Wildman–Crippen LogP) is 1.99. The van der Waals surface area contributed by atoms with Gasteiger partial charge >= 0.3 is 0 Å². The van der Waals surface area contributed by atoms with Crippen molar-refractivity contribution in [2.75, 3.05) is 13.2 Å². The van der Waals surface area contributed by atoms with E-state index < -0.39 is 5.82 Å². The van der Waals surface area contributed by atoms with Gasteiger partial charge in [-0.2, -0.15) is 15.0 Å². The quantitative estimate of drug-likeness (QED) is 0.386. The molecular formula is C18H13FN6O3. The van der Waals surface area contributed by atoms with Crippen LogP contribution in [0.2, 0.25) is 0 Å². The normalized spacial score (nSPS) is 16.8. The standard InChI is InChI=1S/C18H13FN6O3/c1-9-15-14(17-22-18(28-23-17)10-4-5-27-7-10)21-8-24(15)13-3-2-12(19)11(6-20)16(13)25(9)26/h2-3,8,10H,4-5,7H2,1H3. The fourth-order valence-corrected chi connectivity index (χ4v) is 3.59. The Morgan fingerprint density at radius 1 is 1.43 bits per heavy atom. The van der Waals surface area contributed by atoms with Gasteiger partial charge in [-0.3, -0.25) is 4.40 Å². The third-order valence-electron chi connectivity index (χ3n) is 5.03. The van der Waals surface area contributed by atoms with Gasteiger partial charge in [0.25, 0.3) is 5.52 Å². The molecule has 3 aromatic heterocycles. The van der Waals surface area contributed by atoms with E-state index in [-0.39, 0.29) is 28.5 Å². The number of rotatable bonds is 2. The number of fused-ring (bicyclic) bond motifs is 3. The Morgan fingerprint density at radius 2 is 2.29 bits per heavy atom. The second kappa shape index (κ2) is 5.97.